The Morgan fingerprint density at radius 3 is 2.23 bits per heavy atom. The van der Waals surface area contributed by atoms with E-state index in [1.807, 2.05) is 0 Å². The molecule has 0 aromatic carbocycles. The molecule has 3 rings (SSSR count). The predicted octanol–water partition coefficient (Wildman–Crippen LogP) is 1.59. The molecule has 0 radical (unpaired) electrons. The maximum Gasteiger partial charge on any atom is 0.250 e. The highest BCUT2D eigenvalue weighted by Crippen LogP contribution is 2.50. The fourth-order valence-electron chi connectivity index (χ4n) is 2.89. The number of fused-ring (bicyclic) bond motifs is 1. The van der Waals surface area contributed by atoms with E-state index in [1.165, 1.54) is 0 Å². The van der Waals surface area contributed by atoms with Crippen LogP contribution in [0.5, 0.6) is 0 Å². The third-order valence-corrected chi connectivity index (χ3v) is 3.41. The zero-order valence-corrected chi connectivity index (χ0v) is 7.36. The summed E-state index contributed by atoms with van der Waals surface area (Å²) in [4.78, 5) is 11.2. The minimum absolute atomic E-state index is 0.393. The molecule has 0 unspecified atom stereocenters. The Morgan fingerprint density at radius 2 is 1.69 bits per heavy atom. The van der Waals surface area contributed by atoms with Gasteiger partial charge in [0.25, 0.3) is 0 Å². The molecule has 0 aromatic heterocycles. The monoisotopic (exact) mass is 180 g/mol. The summed E-state index contributed by atoms with van der Waals surface area (Å²) in [6.07, 6.45) is 6.47. The van der Waals surface area contributed by atoms with Crippen LogP contribution in [-0.4, -0.2) is 11.6 Å². The highest BCUT2D eigenvalue weighted by molar-refractivity contribution is 5.81. The molecule has 3 nitrogen and oxygen atoms in total. The van der Waals surface area contributed by atoms with E-state index in [0.717, 1.165) is 25.7 Å². The van der Waals surface area contributed by atoms with Crippen molar-refractivity contribution in [3.63, 3.8) is 0 Å². The van der Waals surface area contributed by atoms with Gasteiger partial charge in [-0.1, -0.05) is 0 Å². The van der Waals surface area contributed by atoms with Crippen LogP contribution in [-0.2, 0) is 14.3 Å². The molecular weight excluding hydrogens is 168 g/mol. The van der Waals surface area contributed by atoms with Crippen LogP contribution < -0.4 is 0 Å². The van der Waals surface area contributed by atoms with Gasteiger partial charge in [0.2, 0.25) is 5.79 Å². The van der Waals surface area contributed by atoms with Crippen LogP contribution in [0.15, 0.2) is 12.5 Å². The zero-order chi connectivity index (χ0) is 8.89. The molecule has 1 spiro atoms. The second-order valence-corrected chi connectivity index (χ2v) is 4.29. The van der Waals surface area contributed by atoms with Crippen molar-refractivity contribution < 1.29 is 14.3 Å². The van der Waals surface area contributed by atoms with Gasteiger partial charge in [-0.25, -0.2) is 0 Å². The molecule has 2 aliphatic carbocycles. The van der Waals surface area contributed by atoms with Crippen molar-refractivity contribution in [3.8, 4) is 0 Å². The quantitative estimate of drug-likeness (QED) is 0.568. The summed E-state index contributed by atoms with van der Waals surface area (Å²) >= 11 is 0. The number of ketones is 1. The molecule has 2 atom stereocenters. The Morgan fingerprint density at radius 1 is 1.15 bits per heavy atom. The summed E-state index contributed by atoms with van der Waals surface area (Å²) in [7, 11) is 0. The van der Waals surface area contributed by atoms with Gasteiger partial charge in [0.1, 0.15) is 18.3 Å². The van der Waals surface area contributed by atoms with Gasteiger partial charge in [-0.3, -0.25) is 4.79 Å². The standard InChI is InChI=1S/C10H12O3/c11-9-3-7-5-10(6-8(7)4-9)12-1-2-13-10/h1-2,7-8H,3-6H2/t7-,8+. The Bertz CT molecular complexity index is 256. The maximum atomic E-state index is 11.2. The predicted molar refractivity (Wildman–Crippen MR) is 44.5 cm³/mol. The zero-order valence-electron chi connectivity index (χ0n) is 7.36. The van der Waals surface area contributed by atoms with Crippen molar-refractivity contribution in [1.82, 2.24) is 0 Å². The maximum absolute atomic E-state index is 11.2. The smallest absolute Gasteiger partial charge is 0.250 e. The Labute approximate surface area is 76.7 Å². The van der Waals surface area contributed by atoms with Crippen molar-refractivity contribution in [1.29, 1.82) is 0 Å². The second kappa shape index (κ2) is 2.28. The summed E-state index contributed by atoms with van der Waals surface area (Å²) in [6.45, 7) is 0. The van der Waals surface area contributed by atoms with Gasteiger partial charge < -0.3 is 9.47 Å². The number of Topliss-reactive ketones (excluding diaryl/α,β-unsaturated/α-hetero) is 1. The summed E-state index contributed by atoms with van der Waals surface area (Å²) in [6, 6.07) is 0. The normalized spacial score (nSPS) is 39.2. The third kappa shape index (κ3) is 0.992. The van der Waals surface area contributed by atoms with E-state index in [-0.39, 0.29) is 0 Å². The van der Waals surface area contributed by atoms with Crippen LogP contribution in [0, 0.1) is 11.8 Å². The van der Waals surface area contributed by atoms with Gasteiger partial charge in [-0.15, -0.1) is 0 Å². The van der Waals surface area contributed by atoms with E-state index in [1.54, 1.807) is 12.5 Å². The van der Waals surface area contributed by atoms with E-state index >= 15 is 0 Å². The minimum atomic E-state index is -0.393. The molecule has 2 fully saturated rings. The summed E-state index contributed by atoms with van der Waals surface area (Å²) < 4.78 is 10.9. The van der Waals surface area contributed by atoms with Gasteiger partial charge in [0.05, 0.1) is 0 Å². The van der Waals surface area contributed by atoms with Crippen molar-refractivity contribution in [2.45, 2.75) is 31.5 Å². The highest BCUT2D eigenvalue weighted by Gasteiger charge is 2.53. The Hall–Kier alpha value is -0.990. The summed E-state index contributed by atoms with van der Waals surface area (Å²) in [5.74, 6) is 1.03. The van der Waals surface area contributed by atoms with E-state index in [9.17, 15) is 4.79 Å². The lowest BCUT2D eigenvalue weighted by atomic mass is 10.0. The Balaban J connectivity index is 1.77. The van der Waals surface area contributed by atoms with Crippen LogP contribution >= 0.6 is 0 Å². The van der Waals surface area contributed by atoms with Crippen LogP contribution in [0.2, 0.25) is 0 Å². The lowest BCUT2D eigenvalue weighted by molar-refractivity contribution is -0.141. The molecule has 2 saturated carbocycles. The van der Waals surface area contributed by atoms with Crippen molar-refractivity contribution in [2.75, 3.05) is 0 Å². The Kier molecular flexibility index (Phi) is 1.30. The van der Waals surface area contributed by atoms with E-state index in [2.05, 4.69) is 0 Å². The van der Waals surface area contributed by atoms with E-state index in [0.29, 0.717) is 17.6 Å². The van der Waals surface area contributed by atoms with Gasteiger partial charge >= 0.3 is 0 Å². The number of ether oxygens (including phenoxy) is 2. The molecule has 0 N–H and O–H groups in total. The van der Waals surface area contributed by atoms with Crippen molar-refractivity contribution in [3.05, 3.63) is 12.5 Å². The first-order valence-electron chi connectivity index (χ1n) is 4.80. The van der Waals surface area contributed by atoms with E-state index in [4.69, 9.17) is 9.47 Å². The molecule has 0 aromatic rings. The first kappa shape index (κ1) is 7.42. The first-order chi connectivity index (χ1) is 6.27. The summed E-state index contributed by atoms with van der Waals surface area (Å²) in [5, 5.41) is 0. The van der Waals surface area contributed by atoms with Gasteiger partial charge in [0, 0.05) is 25.7 Å². The molecule has 0 bridgehead atoms. The first-order valence-corrected chi connectivity index (χ1v) is 4.80. The highest BCUT2D eigenvalue weighted by atomic mass is 16.7. The number of rotatable bonds is 0. The fourth-order valence-corrected chi connectivity index (χ4v) is 2.89. The lowest BCUT2D eigenvalue weighted by Gasteiger charge is -2.22. The van der Waals surface area contributed by atoms with Gasteiger partial charge in [-0.05, 0) is 11.8 Å². The lowest BCUT2D eigenvalue weighted by Crippen LogP contribution is -2.27. The minimum Gasteiger partial charge on any atom is -0.457 e. The third-order valence-electron chi connectivity index (χ3n) is 3.41. The number of carbonyl (C=O) groups excluding carboxylic acids is 1. The SMILES string of the molecule is O=C1C[C@@H]2CC3(C[C@@H]2C1)OC=CO3. The molecule has 3 heteroatoms. The van der Waals surface area contributed by atoms with E-state index < -0.39 is 5.79 Å². The van der Waals surface area contributed by atoms with Crippen molar-refractivity contribution >= 4 is 5.78 Å². The molecule has 0 amide bonds. The molecule has 1 aliphatic heterocycles. The number of carbonyl (C=O) groups is 1. The second-order valence-electron chi connectivity index (χ2n) is 4.29. The molecular formula is C10H12O3. The van der Waals surface area contributed by atoms with Crippen LogP contribution in [0.4, 0.5) is 0 Å². The average Bonchev–Trinajstić information content (AvgIpc) is 2.67. The van der Waals surface area contributed by atoms with Crippen molar-refractivity contribution in [2.24, 2.45) is 11.8 Å². The van der Waals surface area contributed by atoms with Gasteiger partial charge in [-0.2, -0.15) is 0 Å². The number of hydrogen-bond donors (Lipinski definition) is 0. The average molecular weight is 180 g/mol. The molecule has 70 valence electrons. The van der Waals surface area contributed by atoms with Crippen LogP contribution in [0.25, 0.3) is 0 Å². The summed E-state index contributed by atoms with van der Waals surface area (Å²) in [5.41, 5.74) is 0. The largest absolute Gasteiger partial charge is 0.457 e. The van der Waals surface area contributed by atoms with Gasteiger partial charge in [0.15, 0.2) is 0 Å². The number of hydrogen-bond acceptors (Lipinski definition) is 3. The van der Waals surface area contributed by atoms with Crippen LogP contribution in [0.1, 0.15) is 25.7 Å². The molecule has 13 heavy (non-hydrogen) atoms. The van der Waals surface area contributed by atoms with Crippen LogP contribution in [0.3, 0.4) is 0 Å². The topological polar surface area (TPSA) is 35.5 Å². The molecule has 1 heterocycles. The molecule has 3 aliphatic rings. The fraction of sp³-hybridized carbons (Fsp3) is 0.700. The molecule has 0 saturated heterocycles.